The third-order valence-corrected chi connectivity index (χ3v) is 3.84. The SMILES string of the molecule is CCCNC(C)(CCSc1ccncc1)C(N)=O. The van der Waals surface area contributed by atoms with Gasteiger partial charge < -0.3 is 11.1 Å². The topological polar surface area (TPSA) is 68.0 Å². The molecule has 3 N–H and O–H groups in total. The molecule has 0 aliphatic carbocycles. The fourth-order valence-electron chi connectivity index (χ4n) is 1.51. The molecule has 100 valence electrons. The third kappa shape index (κ3) is 4.66. The lowest BCUT2D eigenvalue weighted by atomic mass is 9.98. The maximum absolute atomic E-state index is 11.5. The van der Waals surface area contributed by atoms with Crippen LogP contribution in [0.1, 0.15) is 26.7 Å². The van der Waals surface area contributed by atoms with Crippen LogP contribution in [-0.2, 0) is 4.79 Å². The molecule has 0 aliphatic rings. The maximum atomic E-state index is 11.5. The number of carbonyl (C=O) groups excluding carboxylic acids is 1. The van der Waals surface area contributed by atoms with Crippen molar-refractivity contribution in [1.29, 1.82) is 0 Å². The van der Waals surface area contributed by atoms with E-state index in [1.165, 1.54) is 0 Å². The van der Waals surface area contributed by atoms with E-state index >= 15 is 0 Å². The molecular weight excluding hydrogens is 246 g/mol. The number of thioether (sulfide) groups is 1. The molecule has 0 aromatic carbocycles. The smallest absolute Gasteiger partial charge is 0.237 e. The Balaban J connectivity index is 2.45. The number of amides is 1. The minimum atomic E-state index is -0.615. The third-order valence-electron chi connectivity index (χ3n) is 2.83. The quantitative estimate of drug-likeness (QED) is 0.705. The average molecular weight is 267 g/mol. The van der Waals surface area contributed by atoms with Crippen molar-refractivity contribution >= 4 is 17.7 Å². The van der Waals surface area contributed by atoms with Crippen LogP contribution in [0.5, 0.6) is 0 Å². The van der Waals surface area contributed by atoms with Crippen molar-refractivity contribution < 1.29 is 4.79 Å². The van der Waals surface area contributed by atoms with E-state index in [-0.39, 0.29) is 5.91 Å². The molecule has 5 heteroatoms. The van der Waals surface area contributed by atoms with Gasteiger partial charge in [0.2, 0.25) is 5.91 Å². The number of rotatable bonds is 8. The molecule has 1 aromatic heterocycles. The summed E-state index contributed by atoms with van der Waals surface area (Å²) in [4.78, 5) is 16.6. The van der Waals surface area contributed by atoms with Gasteiger partial charge in [-0.25, -0.2) is 0 Å². The van der Waals surface area contributed by atoms with Gasteiger partial charge in [-0.1, -0.05) is 6.92 Å². The number of aromatic nitrogens is 1. The van der Waals surface area contributed by atoms with Gasteiger partial charge in [0.15, 0.2) is 0 Å². The number of hydrogen-bond donors (Lipinski definition) is 2. The summed E-state index contributed by atoms with van der Waals surface area (Å²) in [5.41, 5.74) is 4.86. The molecule has 0 saturated heterocycles. The lowest BCUT2D eigenvalue weighted by molar-refractivity contribution is -0.123. The molecule has 1 aromatic rings. The van der Waals surface area contributed by atoms with Gasteiger partial charge in [-0.15, -0.1) is 11.8 Å². The van der Waals surface area contributed by atoms with Crippen molar-refractivity contribution in [2.45, 2.75) is 37.1 Å². The van der Waals surface area contributed by atoms with E-state index in [0.717, 1.165) is 30.0 Å². The van der Waals surface area contributed by atoms with Crippen LogP contribution < -0.4 is 11.1 Å². The first-order valence-corrected chi connectivity index (χ1v) is 7.15. The minimum Gasteiger partial charge on any atom is -0.368 e. The number of primary amides is 1. The normalized spacial score (nSPS) is 14.1. The van der Waals surface area contributed by atoms with Gasteiger partial charge in [0, 0.05) is 23.0 Å². The van der Waals surface area contributed by atoms with Gasteiger partial charge in [-0.2, -0.15) is 0 Å². The summed E-state index contributed by atoms with van der Waals surface area (Å²) in [6.45, 7) is 4.75. The van der Waals surface area contributed by atoms with Gasteiger partial charge in [-0.3, -0.25) is 9.78 Å². The monoisotopic (exact) mass is 267 g/mol. The number of carbonyl (C=O) groups is 1. The highest BCUT2D eigenvalue weighted by atomic mass is 32.2. The Labute approximate surface area is 113 Å². The van der Waals surface area contributed by atoms with E-state index in [1.807, 2.05) is 19.1 Å². The van der Waals surface area contributed by atoms with E-state index in [2.05, 4.69) is 17.2 Å². The Hall–Kier alpha value is -1.07. The van der Waals surface area contributed by atoms with Crippen molar-refractivity contribution in [2.75, 3.05) is 12.3 Å². The standard InChI is InChI=1S/C13H21N3OS/c1-3-7-16-13(2,12(14)17)6-10-18-11-4-8-15-9-5-11/h4-5,8-9,16H,3,6-7,10H2,1-2H3,(H2,14,17). The summed E-state index contributed by atoms with van der Waals surface area (Å²) in [5, 5.41) is 3.23. The largest absolute Gasteiger partial charge is 0.368 e. The average Bonchev–Trinajstić information content (AvgIpc) is 2.37. The zero-order chi connectivity index (χ0) is 13.4. The van der Waals surface area contributed by atoms with Crippen LogP contribution in [0.15, 0.2) is 29.4 Å². The molecular formula is C13H21N3OS. The van der Waals surface area contributed by atoms with Crippen molar-refractivity contribution in [2.24, 2.45) is 5.73 Å². The lowest BCUT2D eigenvalue weighted by Gasteiger charge is -2.27. The Bertz CT molecular complexity index is 372. The zero-order valence-corrected chi connectivity index (χ0v) is 11.8. The van der Waals surface area contributed by atoms with Crippen LogP contribution in [0.2, 0.25) is 0 Å². The molecule has 4 nitrogen and oxygen atoms in total. The molecule has 0 spiro atoms. The molecule has 1 amide bonds. The lowest BCUT2D eigenvalue weighted by Crippen LogP contribution is -2.53. The van der Waals surface area contributed by atoms with Crippen LogP contribution >= 0.6 is 11.8 Å². The predicted octanol–water partition coefficient (Wildman–Crippen LogP) is 1.81. The second-order valence-electron chi connectivity index (χ2n) is 4.40. The first kappa shape index (κ1) is 15.0. The molecule has 1 atom stereocenters. The Morgan fingerprint density at radius 3 is 2.72 bits per heavy atom. The van der Waals surface area contributed by atoms with Gasteiger partial charge in [-0.05, 0) is 38.4 Å². The molecule has 18 heavy (non-hydrogen) atoms. The highest BCUT2D eigenvalue weighted by molar-refractivity contribution is 7.99. The van der Waals surface area contributed by atoms with Gasteiger partial charge in [0.05, 0.1) is 5.54 Å². The van der Waals surface area contributed by atoms with Crippen molar-refractivity contribution in [1.82, 2.24) is 10.3 Å². The van der Waals surface area contributed by atoms with E-state index in [1.54, 1.807) is 24.2 Å². The number of nitrogens with two attached hydrogens (primary N) is 1. The van der Waals surface area contributed by atoms with Crippen LogP contribution in [-0.4, -0.2) is 28.7 Å². The van der Waals surface area contributed by atoms with E-state index in [9.17, 15) is 4.79 Å². The van der Waals surface area contributed by atoms with Crippen LogP contribution in [0.4, 0.5) is 0 Å². The summed E-state index contributed by atoms with van der Waals surface area (Å²) in [6.07, 6.45) is 5.24. The molecule has 1 rings (SSSR count). The van der Waals surface area contributed by atoms with Gasteiger partial charge >= 0.3 is 0 Å². The number of nitrogens with one attached hydrogen (secondary N) is 1. The van der Waals surface area contributed by atoms with Gasteiger partial charge in [0.25, 0.3) is 0 Å². The van der Waals surface area contributed by atoms with E-state index < -0.39 is 5.54 Å². The van der Waals surface area contributed by atoms with E-state index in [4.69, 9.17) is 5.73 Å². The highest BCUT2D eigenvalue weighted by Gasteiger charge is 2.29. The second kappa shape index (κ2) is 7.38. The molecule has 0 aliphatic heterocycles. The summed E-state index contributed by atoms with van der Waals surface area (Å²) in [7, 11) is 0. The Morgan fingerprint density at radius 2 is 2.17 bits per heavy atom. The molecule has 0 bridgehead atoms. The predicted molar refractivity (Wildman–Crippen MR) is 75.5 cm³/mol. The van der Waals surface area contributed by atoms with Crippen molar-refractivity contribution in [3.05, 3.63) is 24.5 Å². The van der Waals surface area contributed by atoms with Crippen LogP contribution in [0.3, 0.4) is 0 Å². The molecule has 1 unspecified atom stereocenters. The minimum absolute atomic E-state index is 0.286. The maximum Gasteiger partial charge on any atom is 0.237 e. The molecule has 0 saturated carbocycles. The van der Waals surface area contributed by atoms with Crippen molar-refractivity contribution in [3.63, 3.8) is 0 Å². The first-order valence-electron chi connectivity index (χ1n) is 6.16. The number of nitrogens with zero attached hydrogens (tertiary/aromatic N) is 1. The van der Waals surface area contributed by atoms with E-state index in [0.29, 0.717) is 0 Å². The van der Waals surface area contributed by atoms with Crippen molar-refractivity contribution in [3.8, 4) is 0 Å². The Kier molecular flexibility index (Phi) is 6.15. The van der Waals surface area contributed by atoms with Crippen LogP contribution in [0, 0.1) is 0 Å². The molecule has 1 heterocycles. The second-order valence-corrected chi connectivity index (χ2v) is 5.57. The summed E-state index contributed by atoms with van der Waals surface area (Å²) in [5.74, 6) is 0.562. The Morgan fingerprint density at radius 1 is 1.50 bits per heavy atom. The zero-order valence-electron chi connectivity index (χ0n) is 11.0. The highest BCUT2D eigenvalue weighted by Crippen LogP contribution is 2.21. The fourth-order valence-corrected chi connectivity index (χ4v) is 2.57. The summed E-state index contributed by atoms with van der Waals surface area (Å²) < 4.78 is 0. The molecule has 0 fully saturated rings. The van der Waals surface area contributed by atoms with Crippen LogP contribution in [0.25, 0.3) is 0 Å². The van der Waals surface area contributed by atoms with Gasteiger partial charge in [0.1, 0.15) is 0 Å². The first-order chi connectivity index (χ1) is 8.58. The fraction of sp³-hybridized carbons (Fsp3) is 0.538. The number of pyridine rings is 1. The molecule has 0 radical (unpaired) electrons. The summed E-state index contributed by atoms with van der Waals surface area (Å²) in [6, 6.07) is 3.93. The number of hydrogen-bond acceptors (Lipinski definition) is 4. The summed E-state index contributed by atoms with van der Waals surface area (Å²) >= 11 is 1.71.